The maximum Gasteiger partial charge on any atom is 0.0956 e. The molecule has 3 heteroatoms. The number of imidazole rings is 1. The predicted octanol–water partition coefficient (Wildman–Crippen LogP) is 4.05. The first-order valence-corrected chi connectivity index (χ1v) is 7.09. The van der Waals surface area contributed by atoms with Crippen molar-refractivity contribution in [3.63, 3.8) is 0 Å². The number of anilines is 1. The maximum absolute atomic E-state index is 5.76. The number of hydrogen-bond acceptors (Lipinski definition) is 2. The first-order chi connectivity index (χ1) is 10.1. The lowest BCUT2D eigenvalue weighted by Crippen LogP contribution is -2.07. The number of aryl methyl sites for hydroxylation is 1. The van der Waals surface area contributed by atoms with E-state index >= 15 is 0 Å². The van der Waals surface area contributed by atoms with E-state index in [4.69, 9.17) is 5.73 Å². The lowest BCUT2D eigenvalue weighted by Gasteiger charge is -2.17. The zero-order chi connectivity index (χ0) is 14.8. The molecule has 1 atom stereocenters. The van der Waals surface area contributed by atoms with Gasteiger partial charge in [0.2, 0.25) is 0 Å². The first-order valence-electron chi connectivity index (χ1n) is 7.09. The van der Waals surface area contributed by atoms with E-state index in [0.717, 1.165) is 11.4 Å². The lowest BCUT2D eigenvalue weighted by atomic mass is 10.1. The van der Waals surface area contributed by atoms with Crippen molar-refractivity contribution in [2.75, 3.05) is 5.73 Å². The third-order valence-electron chi connectivity index (χ3n) is 3.82. The van der Waals surface area contributed by atoms with Gasteiger partial charge in [-0.3, -0.25) is 0 Å². The van der Waals surface area contributed by atoms with Gasteiger partial charge >= 0.3 is 0 Å². The molecule has 0 aliphatic carbocycles. The Morgan fingerprint density at radius 2 is 1.86 bits per heavy atom. The highest BCUT2D eigenvalue weighted by atomic mass is 15.1. The Bertz CT molecular complexity index is 741. The van der Waals surface area contributed by atoms with Gasteiger partial charge in [-0.25, -0.2) is 4.98 Å². The Hall–Kier alpha value is -2.55. The summed E-state index contributed by atoms with van der Waals surface area (Å²) in [7, 11) is 0. The van der Waals surface area contributed by atoms with E-state index in [9.17, 15) is 0 Å². The number of rotatable bonds is 3. The van der Waals surface area contributed by atoms with Crippen LogP contribution in [0.2, 0.25) is 0 Å². The molecule has 3 rings (SSSR count). The van der Waals surface area contributed by atoms with Gasteiger partial charge in [-0.2, -0.15) is 0 Å². The standard InChI is InChI=1S/C18H19N3/c1-13-4-3-5-16(10-13)18-11-20-12-21(18)14(2)15-6-8-17(19)9-7-15/h3-12,14H,19H2,1-2H3. The van der Waals surface area contributed by atoms with Gasteiger partial charge in [-0.15, -0.1) is 0 Å². The minimum atomic E-state index is 0.212. The van der Waals surface area contributed by atoms with Crippen molar-refractivity contribution in [1.29, 1.82) is 0 Å². The number of benzene rings is 2. The molecule has 1 aromatic heterocycles. The van der Waals surface area contributed by atoms with Crippen molar-refractivity contribution in [2.45, 2.75) is 19.9 Å². The van der Waals surface area contributed by atoms with Gasteiger partial charge in [-0.1, -0.05) is 35.9 Å². The molecular formula is C18H19N3. The van der Waals surface area contributed by atoms with E-state index in [1.807, 2.05) is 24.7 Å². The van der Waals surface area contributed by atoms with Crippen molar-refractivity contribution < 1.29 is 0 Å². The molecule has 0 fully saturated rings. The van der Waals surface area contributed by atoms with Gasteiger partial charge in [-0.05, 0) is 37.6 Å². The largest absolute Gasteiger partial charge is 0.399 e. The third kappa shape index (κ3) is 2.68. The van der Waals surface area contributed by atoms with Crippen molar-refractivity contribution in [1.82, 2.24) is 9.55 Å². The summed E-state index contributed by atoms with van der Waals surface area (Å²) in [6, 6.07) is 16.7. The van der Waals surface area contributed by atoms with E-state index in [1.54, 1.807) is 0 Å². The average Bonchev–Trinajstić information content (AvgIpc) is 2.97. The molecule has 3 nitrogen and oxygen atoms in total. The highest BCUT2D eigenvalue weighted by Gasteiger charge is 2.13. The monoisotopic (exact) mass is 277 g/mol. The van der Waals surface area contributed by atoms with Crippen LogP contribution >= 0.6 is 0 Å². The fourth-order valence-electron chi connectivity index (χ4n) is 2.58. The average molecular weight is 277 g/mol. The van der Waals surface area contributed by atoms with Crippen LogP contribution in [-0.2, 0) is 0 Å². The molecule has 0 aliphatic rings. The Labute approximate surface area is 125 Å². The minimum absolute atomic E-state index is 0.212. The molecule has 0 amide bonds. The summed E-state index contributed by atoms with van der Waals surface area (Å²) in [5.74, 6) is 0. The Morgan fingerprint density at radius 1 is 1.10 bits per heavy atom. The molecule has 21 heavy (non-hydrogen) atoms. The van der Waals surface area contributed by atoms with Gasteiger partial charge in [0.1, 0.15) is 0 Å². The molecule has 0 radical (unpaired) electrons. The third-order valence-corrected chi connectivity index (χ3v) is 3.82. The van der Waals surface area contributed by atoms with Crippen LogP contribution in [-0.4, -0.2) is 9.55 Å². The van der Waals surface area contributed by atoms with Gasteiger partial charge in [0.15, 0.2) is 0 Å². The van der Waals surface area contributed by atoms with Crippen LogP contribution in [0, 0.1) is 6.92 Å². The fourth-order valence-corrected chi connectivity index (χ4v) is 2.58. The molecule has 0 spiro atoms. The number of nitrogens with zero attached hydrogens (tertiary/aromatic N) is 2. The summed E-state index contributed by atoms with van der Waals surface area (Å²) in [5.41, 5.74) is 11.3. The molecule has 0 saturated heterocycles. The van der Waals surface area contributed by atoms with Crippen molar-refractivity contribution in [2.24, 2.45) is 0 Å². The van der Waals surface area contributed by atoms with E-state index in [1.165, 1.54) is 16.7 Å². The van der Waals surface area contributed by atoms with Gasteiger partial charge in [0.25, 0.3) is 0 Å². The normalized spacial score (nSPS) is 12.3. The highest BCUT2D eigenvalue weighted by molar-refractivity contribution is 5.60. The van der Waals surface area contributed by atoms with Crippen molar-refractivity contribution >= 4 is 5.69 Å². The molecule has 2 N–H and O–H groups in total. The second-order valence-corrected chi connectivity index (χ2v) is 5.40. The van der Waals surface area contributed by atoms with E-state index in [0.29, 0.717) is 0 Å². The fraction of sp³-hybridized carbons (Fsp3) is 0.167. The highest BCUT2D eigenvalue weighted by Crippen LogP contribution is 2.27. The number of aromatic nitrogens is 2. The molecule has 106 valence electrons. The van der Waals surface area contributed by atoms with Crippen LogP contribution < -0.4 is 5.73 Å². The van der Waals surface area contributed by atoms with Crippen molar-refractivity contribution in [3.05, 3.63) is 72.2 Å². The molecule has 3 aromatic rings. The SMILES string of the molecule is Cc1cccc(-c2cncn2C(C)c2ccc(N)cc2)c1. The first kappa shape index (κ1) is 13.4. The van der Waals surface area contributed by atoms with E-state index < -0.39 is 0 Å². The van der Waals surface area contributed by atoms with E-state index in [2.05, 4.69) is 59.8 Å². The zero-order valence-electron chi connectivity index (χ0n) is 12.3. The topological polar surface area (TPSA) is 43.8 Å². The zero-order valence-corrected chi connectivity index (χ0v) is 12.3. The van der Waals surface area contributed by atoms with E-state index in [-0.39, 0.29) is 6.04 Å². The Kier molecular flexibility index (Phi) is 3.48. The summed E-state index contributed by atoms with van der Waals surface area (Å²) in [6.45, 7) is 4.28. The maximum atomic E-state index is 5.76. The van der Waals surface area contributed by atoms with Crippen molar-refractivity contribution in [3.8, 4) is 11.3 Å². The minimum Gasteiger partial charge on any atom is -0.399 e. The second-order valence-electron chi connectivity index (χ2n) is 5.40. The van der Waals surface area contributed by atoms with Crippen LogP contribution in [0.5, 0.6) is 0 Å². The van der Waals surface area contributed by atoms with Gasteiger partial charge in [0, 0.05) is 11.3 Å². The smallest absolute Gasteiger partial charge is 0.0956 e. The molecule has 1 heterocycles. The Balaban J connectivity index is 2.00. The molecule has 1 unspecified atom stereocenters. The van der Waals surface area contributed by atoms with Crippen LogP contribution in [0.1, 0.15) is 24.1 Å². The quantitative estimate of drug-likeness (QED) is 0.734. The molecular weight excluding hydrogens is 258 g/mol. The predicted molar refractivity (Wildman–Crippen MR) is 87.1 cm³/mol. The summed E-state index contributed by atoms with van der Waals surface area (Å²) in [6.07, 6.45) is 3.81. The number of hydrogen-bond donors (Lipinski definition) is 1. The summed E-state index contributed by atoms with van der Waals surface area (Å²) >= 11 is 0. The lowest BCUT2D eigenvalue weighted by molar-refractivity contribution is 0.644. The number of nitrogen functional groups attached to an aromatic ring is 1. The summed E-state index contributed by atoms with van der Waals surface area (Å²) in [4.78, 5) is 4.33. The summed E-state index contributed by atoms with van der Waals surface area (Å²) < 4.78 is 2.19. The number of nitrogens with two attached hydrogens (primary N) is 1. The second kappa shape index (κ2) is 5.44. The molecule has 0 aliphatic heterocycles. The molecule has 0 saturated carbocycles. The van der Waals surface area contributed by atoms with Crippen LogP contribution in [0.3, 0.4) is 0 Å². The summed E-state index contributed by atoms with van der Waals surface area (Å²) in [5, 5.41) is 0. The Morgan fingerprint density at radius 3 is 2.57 bits per heavy atom. The van der Waals surface area contributed by atoms with Crippen LogP contribution in [0.4, 0.5) is 5.69 Å². The van der Waals surface area contributed by atoms with Crippen LogP contribution in [0.15, 0.2) is 61.1 Å². The van der Waals surface area contributed by atoms with Gasteiger partial charge < -0.3 is 10.3 Å². The molecule has 0 bridgehead atoms. The van der Waals surface area contributed by atoms with Gasteiger partial charge in [0.05, 0.1) is 24.3 Å². The molecule has 2 aromatic carbocycles. The van der Waals surface area contributed by atoms with Crippen LogP contribution in [0.25, 0.3) is 11.3 Å².